The summed E-state index contributed by atoms with van der Waals surface area (Å²) in [5, 5.41) is 0. The van der Waals surface area contributed by atoms with Crippen molar-refractivity contribution in [1.82, 2.24) is 4.90 Å². The Morgan fingerprint density at radius 1 is 1.47 bits per heavy atom. The van der Waals surface area contributed by atoms with E-state index < -0.39 is 0 Å². The molecule has 1 atom stereocenters. The van der Waals surface area contributed by atoms with Gasteiger partial charge in [0.25, 0.3) is 0 Å². The average Bonchev–Trinajstić information content (AvgIpc) is 2.29. The Morgan fingerprint density at radius 3 is 2.59 bits per heavy atom. The number of carbonyl (C=O) groups is 2. The first kappa shape index (κ1) is 14.2. The summed E-state index contributed by atoms with van der Waals surface area (Å²) in [5.74, 6) is 0.740. The summed E-state index contributed by atoms with van der Waals surface area (Å²) in [6.45, 7) is 2.63. The summed E-state index contributed by atoms with van der Waals surface area (Å²) >= 11 is 0. The van der Waals surface area contributed by atoms with Crippen molar-refractivity contribution in [2.24, 2.45) is 5.92 Å². The van der Waals surface area contributed by atoms with Gasteiger partial charge in [-0.1, -0.05) is 6.92 Å². The molecule has 1 aliphatic rings. The summed E-state index contributed by atoms with van der Waals surface area (Å²) in [6, 6.07) is 0.245. The quantitative estimate of drug-likeness (QED) is 0.735. The molecule has 0 aromatic rings. The van der Waals surface area contributed by atoms with Gasteiger partial charge in [0.15, 0.2) is 0 Å². The van der Waals surface area contributed by atoms with Crippen molar-refractivity contribution in [2.75, 3.05) is 20.8 Å². The topological polar surface area (TPSA) is 46.6 Å². The van der Waals surface area contributed by atoms with Crippen LogP contribution >= 0.6 is 0 Å². The van der Waals surface area contributed by atoms with E-state index in [0.717, 1.165) is 12.8 Å². The minimum absolute atomic E-state index is 0.161. The molecule has 1 rings (SSSR count). The molecule has 1 unspecified atom stereocenters. The first-order chi connectivity index (χ1) is 8.04. The number of amides is 1. The van der Waals surface area contributed by atoms with E-state index in [4.69, 9.17) is 4.74 Å². The number of rotatable bonds is 5. The molecule has 0 aromatic carbocycles. The van der Waals surface area contributed by atoms with Crippen LogP contribution in [0.25, 0.3) is 0 Å². The molecule has 0 aromatic heterocycles. The number of ether oxygens (including phenoxy) is 1. The number of ketones is 1. The van der Waals surface area contributed by atoms with Crippen LogP contribution in [-0.4, -0.2) is 43.4 Å². The van der Waals surface area contributed by atoms with E-state index in [-0.39, 0.29) is 17.9 Å². The van der Waals surface area contributed by atoms with Crippen molar-refractivity contribution in [3.63, 3.8) is 0 Å². The zero-order valence-electron chi connectivity index (χ0n) is 11.1. The molecule has 0 N–H and O–H groups in total. The van der Waals surface area contributed by atoms with Crippen molar-refractivity contribution in [1.29, 1.82) is 0 Å². The molecule has 0 heterocycles. The predicted octanol–water partition coefficient (Wildman–Crippen LogP) is 1.63. The van der Waals surface area contributed by atoms with Gasteiger partial charge in [-0.3, -0.25) is 9.59 Å². The second-order valence-electron chi connectivity index (χ2n) is 5.04. The molecule has 4 nitrogen and oxygen atoms in total. The van der Waals surface area contributed by atoms with Gasteiger partial charge < -0.3 is 9.64 Å². The van der Waals surface area contributed by atoms with Crippen LogP contribution in [0, 0.1) is 5.92 Å². The number of methoxy groups -OCH3 is 1. The van der Waals surface area contributed by atoms with Crippen LogP contribution in [-0.2, 0) is 14.3 Å². The smallest absolute Gasteiger partial charge is 0.222 e. The molecule has 0 spiro atoms. The molecular weight excluding hydrogens is 218 g/mol. The summed E-state index contributed by atoms with van der Waals surface area (Å²) in [4.78, 5) is 25.0. The Hall–Kier alpha value is -0.900. The van der Waals surface area contributed by atoms with Gasteiger partial charge in [-0.15, -0.1) is 0 Å². The number of hydrogen-bond donors (Lipinski definition) is 0. The molecule has 1 amide bonds. The number of carbonyl (C=O) groups excluding carboxylic acids is 2. The van der Waals surface area contributed by atoms with E-state index in [9.17, 15) is 9.59 Å². The zero-order valence-corrected chi connectivity index (χ0v) is 11.1. The molecule has 4 heteroatoms. The Kier molecular flexibility index (Phi) is 5.62. The first-order valence-electron chi connectivity index (χ1n) is 6.31. The van der Waals surface area contributed by atoms with Gasteiger partial charge >= 0.3 is 0 Å². The lowest BCUT2D eigenvalue weighted by molar-refractivity contribution is -0.135. The lowest BCUT2D eigenvalue weighted by Gasteiger charge is -2.31. The van der Waals surface area contributed by atoms with Gasteiger partial charge in [-0.05, 0) is 18.8 Å². The van der Waals surface area contributed by atoms with Crippen LogP contribution in [0.1, 0.15) is 39.0 Å². The van der Waals surface area contributed by atoms with Crippen molar-refractivity contribution in [3.05, 3.63) is 0 Å². The third kappa shape index (κ3) is 4.46. The largest absolute Gasteiger partial charge is 0.384 e. The van der Waals surface area contributed by atoms with Crippen molar-refractivity contribution >= 4 is 11.7 Å². The van der Waals surface area contributed by atoms with E-state index in [1.165, 1.54) is 0 Å². The fourth-order valence-electron chi connectivity index (χ4n) is 2.30. The fraction of sp³-hybridized carbons (Fsp3) is 0.846. The van der Waals surface area contributed by atoms with Crippen LogP contribution in [0.5, 0.6) is 0 Å². The number of hydrogen-bond acceptors (Lipinski definition) is 3. The maximum absolute atomic E-state index is 12.0. The highest BCUT2D eigenvalue weighted by molar-refractivity contribution is 5.80. The highest BCUT2D eigenvalue weighted by Crippen LogP contribution is 2.20. The Bertz CT molecular complexity index is 268. The highest BCUT2D eigenvalue weighted by Gasteiger charge is 2.25. The second-order valence-corrected chi connectivity index (χ2v) is 5.04. The van der Waals surface area contributed by atoms with E-state index in [1.54, 1.807) is 7.11 Å². The van der Waals surface area contributed by atoms with Crippen molar-refractivity contribution in [3.8, 4) is 0 Å². The second kappa shape index (κ2) is 6.74. The number of Topliss-reactive ketones (excluding diaryl/α,β-unsaturated/α-hetero) is 1. The zero-order chi connectivity index (χ0) is 12.8. The Morgan fingerprint density at radius 2 is 2.06 bits per heavy atom. The molecule has 17 heavy (non-hydrogen) atoms. The summed E-state index contributed by atoms with van der Waals surface area (Å²) in [6.07, 6.45) is 3.40. The molecule has 98 valence electrons. The van der Waals surface area contributed by atoms with E-state index >= 15 is 0 Å². The third-order valence-electron chi connectivity index (χ3n) is 3.43. The van der Waals surface area contributed by atoms with Crippen molar-refractivity contribution in [2.45, 2.75) is 45.1 Å². The maximum atomic E-state index is 12.0. The number of nitrogens with zero attached hydrogens (tertiary/aromatic N) is 1. The lowest BCUT2D eigenvalue weighted by atomic mass is 9.93. The molecule has 1 aliphatic carbocycles. The molecule has 0 aliphatic heterocycles. The fourth-order valence-corrected chi connectivity index (χ4v) is 2.30. The summed E-state index contributed by atoms with van der Waals surface area (Å²) in [7, 11) is 3.50. The van der Waals surface area contributed by atoms with Gasteiger partial charge in [0.2, 0.25) is 5.91 Å². The van der Waals surface area contributed by atoms with Crippen LogP contribution in [0.4, 0.5) is 0 Å². The minimum Gasteiger partial charge on any atom is -0.384 e. The summed E-state index contributed by atoms with van der Waals surface area (Å²) in [5.41, 5.74) is 0. The molecule has 1 fully saturated rings. The van der Waals surface area contributed by atoms with Crippen LogP contribution in [0.15, 0.2) is 0 Å². The molecule has 1 saturated carbocycles. The maximum Gasteiger partial charge on any atom is 0.222 e. The van der Waals surface area contributed by atoms with Gasteiger partial charge in [0, 0.05) is 46.1 Å². The van der Waals surface area contributed by atoms with Crippen LogP contribution in [0.2, 0.25) is 0 Å². The Balaban J connectivity index is 2.38. The van der Waals surface area contributed by atoms with E-state index in [2.05, 4.69) is 0 Å². The van der Waals surface area contributed by atoms with Gasteiger partial charge in [-0.25, -0.2) is 0 Å². The van der Waals surface area contributed by atoms with Gasteiger partial charge in [0.1, 0.15) is 5.78 Å². The highest BCUT2D eigenvalue weighted by atomic mass is 16.5. The van der Waals surface area contributed by atoms with Crippen LogP contribution in [0.3, 0.4) is 0 Å². The van der Waals surface area contributed by atoms with E-state index in [1.807, 2.05) is 18.9 Å². The predicted molar refractivity (Wildman–Crippen MR) is 65.7 cm³/mol. The molecular formula is C13H23NO3. The third-order valence-corrected chi connectivity index (χ3v) is 3.43. The summed E-state index contributed by atoms with van der Waals surface area (Å²) < 4.78 is 5.03. The minimum atomic E-state index is 0.161. The molecule has 0 radical (unpaired) electrons. The standard InChI is InChI=1S/C13H23NO3/c1-10(9-17-3)8-13(16)14(2)11-4-6-12(15)7-5-11/h10-11H,4-9H2,1-3H3. The van der Waals surface area contributed by atoms with Gasteiger partial charge in [-0.2, -0.15) is 0 Å². The average molecular weight is 241 g/mol. The molecule has 0 saturated heterocycles. The Labute approximate surface area is 103 Å². The first-order valence-corrected chi connectivity index (χ1v) is 6.31. The van der Waals surface area contributed by atoms with Crippen LogP contribution < -0.4 is 0 Å². The van der Waals surface area contributed by atoms with E-state index in [0.29, 0.717) is 31.7 Å². The normalized spacial score (nSPS) is 19.1. The monoisotopic (exact) mass is 241 g/mol. The SMILES string of the molecule is COCC(C)CC(=O)N(C)C1CCC(=O)CC1. The molecule has 0 bridgehead atoms. The lowest BCUT2D eigenvalue weighted by Crippen LogP contribution is -2.40. The van der Waals surface area contributed by atoms with Crippen molar-refractivity contribution < 1.29 is 14.3 Å². The van der Waals surface area contributed by atoms with Gasteiger partial charge in [0.05, 0.1) is 0 Å².